The normalized spacial score (nSPS) is 26.0. The third-order valence-corrected chi connectivity index (χ3v) is 5.36. The second-order valence-corrected chi connectivity index (χ2v) is 6.99. The number of fused-ring (bicyclic) bond motifs is 3. The van der Waals surface area contributed by atoms with Crippen LogP contribution < -0.4 is 5.73 Å². The smallest absolute Gasteiger partial charge is 0.283 e. The van der Waals surface area contributed by atoms with Crippen LogP contribution in [0.4, 0.5) is 0 Å². The molecule has 2 aromatic carbocycles. The number of hydrogen-bond donors (Lipinski definition) is 1. The fourth-order valence-corrected chi connectivity index (χ4v) is 3.97. The van der Waals surface area contributed by atoms with Crippen molar-refractivity contribution in [2.75, 3.05) is 19.6 Å². The zero-order valence-corrected chi connectivity index (χ0v) is 14.4. The zero-order chi connectivity index (χ0) is 17.1. The molecule has 3 heterocycles. The van der Waals surface area contributed by atoms with Gasteiger partial charge in [0.25, 0.3) is 6.02 Å². The molecule has 4 heteroatoms. The number of piperidine rings is 3. The minimum Gasteiger partial charge on any atom is -0.460 e. The van der Waals surface area contributed by atoms with Crippen molar-refractivity contribution < 1.29 is 4.74 Å². The van der Waals surface area contributed by atoms with Gasteiger partial charge in [-0.3, -0.25) is 4.90 Å². The second-order valence-electron chi connectivity index (χ2n) is 6.99. The molecule has 1 atom stereocenters. The maximum atomic E-state index is 6.22. The average Bonchev–Trinajstić information content (AvgIpc) is 2.68. The summed E-state index contributed by atoms with van der Waals surface area (Å²) in [4.78, 5) is 7.21. The number of hydrogen-bond acceptors (Lipinski definition) is 3. The fraction of sp³-hybridized carbons (Fsp3) is 0.381. The molecule has 0 aromatic heterocycles. The minimum absolute atomic E-state index is 0.136. The van der Waals surface area contributed by atoms with Gasteiger partial charge in [0.2, 0.25) is 0 Å². The number of nitrogens with two attached hydrogens (primary N) is 1. The van der Waals surface area contributed by atoms with Crippen LogP contribution in [0.2, 0.25) is 0 Å². The number of aliphatic imine (C=N–C) groups is 1. The summed E-state index contributed by atoms with van der Waals surface area (Å²) < 4.78 is 6.08. The van der Waals surface area contributed by atoms with Crippen molar-refractivity contribution in [3.63, 3.8) is 0 Å². The predicted octanol–water partition coefficient (Wildman–Crippen LogP) is 3.20. The summed E-state index contributed by atoms with van der Waals surface area (Å²) in [5.74, 6) is 0.616. The van der Waals surface area contributed by atoms with Crippen LogP contribution in [0, 0.1) is 5.92 Å². The maximum absolute atomic E-state index is 6.22. The molecule has 0 amide bonds. The van der Waals surface area contributed by atoms with E-state index in [1.807, 2.05) is 36.4 Å². The monoisotopic (exact) mass is 335 g/mol. The van der Waals surface area contributed by atoms with Crippen molar-refractivity contribution in [3.05, 3.63) is 71.8 Å². The van der Waals surface area contributed by atoms with Gasteiger partial charge in [-0.05, 0) is 43.0 Å². The van der Waals surface area contributed by atoms with E-state index in [0.717, 1.165) is 17.7 Å². The lowest BCUT2D eigenvalue weighted by atomic mass is 9.86. The molecule has 3 aliphatic heterocycles. The van der Waals surface area contributed by atoms with Gasteiger partial charge in [0.15, 0.2) is 0 Å². The van der Waals surface area contributed by atoms with Gasteiger partial charge >= 0.3 is 0 Å². The van der Waals surface area contributed by atoms with E-state index in [1.54, 1.807) is 0 Å². The van der Waals surface area contributed by atoms with Gasteiger partial charge < -0.3 is 10.5 Å². The quantitative estimate of drug-likeness (QED) is 0.689. The number of rotatable bonds is 4. The SMILES string of the molecule is NC(=NC(c1ccccc1)c1ccccc1)O[C@H]1CN2CCC1CC2. The van der Waals surface area contributed by atoms with Gasteiger partial charge in [-0.1, -0.05) is 60.7 Å². The van der Waals surface area contributed by atoms with E-state index in [-0.39, 0.29) is 12.1 Å². The summed E-state index contributed by atoms with van der Waals surface area (Å²) in [5.41, 5.74) is 8.46. The standard InChI is InChI=1S/C21H25N3O/c22-21(25-19-15-24-13-11-16(19)12-14-24)23-20(17-7-3-1-4-8-17)18-9-5-2-6-10-18/h1-10,16,19-20H,11-15H2,(H2,22,23)/t19-/m0/s1. The molecule has 0 radical (unpaired) electrons. The highest BCUT2D eigenvalue weighted by Gasteiger charge is 2.36. The van der Waals surface area contributed by atoms with E-state index in [1.165, 1.54) is 25.9 Å². The summed E-state index contributed by atoms with van der Waals surface area (Å²) in [6.07, 6.45) is 2.59. The first-order chi connectivity index (χ1) is 12.3. The molecular formula is C21H25N3O. The molecule has 25 heavy (non-hydrogen) atoms. The van der Waals surface area contributed by atoms with Crippen LogP contribution in [-0.4, -0.2) is 36.7 Å². The minimum atomic E-state index is -0.136. The molecule has 2 N–H and O–H groups in total. The summed E-state index contributed by atoms with van der Waals surface area (Å²) >= 11 is 0. The molecule has 0 unspecified atom stereocenters. The van der Waals surface area contributed by atoms with E-state index >= 15 is 0 Å². The highest BCUT2D eigenvalue weighted by Crippen LogP contribution is 2.30. The Morgan fingerprint density at radius 3 is 2.00 bits per heavy atom. The van der Waals surface area contributed by atoms with Crippen molar-refractivity contribution in [2.45, 2.75) is 25.0 Å². The van der Waals surface area contributed by atoms with Gasteiger partial charge in [0.05, 0.1) is 0 Å². The molecule has 0 saturated carbocycles. The molecule has 2 bridgehead atoms. The van der Waals surface area contributed by atoms with Crippen LogP contribution in [0.1, 0.15) is 30.0 Å². The van der Waals surface area contributed by atoms with E-state index in [0.29, 0.717) is 11.9 Å². The largest absolute Gasteiger partial charge is 0.460 e. The second kappa shape index (κ2) is 7.28. The Kier molecular flexibility index (Phi) is 4.70. The van der Waals surface area contributed by atoms with Gasteiger partial charge in [0, 0.05) is 6.54 Å². The van der Waals surface area contributed by atoms with E-state index < -0.39 is 0 Å². The molecule has 130 valence electrons. The van der Waals surface area contributed by atoms with Crippen molar-refractivity contribution in [3.8, 4) is 0 Å². The molecule has 3 saturated heterocycles. The van der Waals surface area contributed by atoms with Crippen molar-refractivity contribution in [1.29, 1.82) is 0 Å². The number of benzene rings is 2. The summed E-state index contributed by atoms with van der Waals surface area (Å²) in [6, 6.07) is 20.7. The molecule has 3 aliphatic rings. The summed E-state index contributed by atoms with van der Waals surface area (Å²) in [5, 5.41) is 0. The maximum Gasteiger partial charge on any atom is 0.283 e. The summed E-state index contributed by atoms with van der Waals surface area (Å²) in [7, 11) is 0. The van der Waals surface area contributed by atoms with Gasteiger partial charge in [-0.15, -0.1) is 0 Å². The van der Waals surface area contributed by atoms with E-state index in [2.05, 4.69) is 29.2 Å². The van der Waals surface area contributed by atoms with E-state index in [4.69, 9.17) is 15.5 Å². The number of amidine groups is 1. The van der Waals surface area contributed by atoms with Crippen LogP contribution in [-0.2, 0) is 4.74 Å². The van der Waals surface area contributed by atoms with E-state index in [9.17, 15) is 0 Å². The van der Waals surface area contributed by atoms with Crippen LogP contribution in [0.3, 0.4) is 0 Å². The van der Waals surface area contributed by atoms with Crippen molar-refractivity contribution in [2.24, 2.45) is 16.6 Å². The Bertz CT molecular complexity index is 669. The van der Waals surface area contributed by atoms with Crippen LogP contribution >= 0.6 is 0 Å². The lowest BCUT2D eigenvalue weighted by molar-refractivity contribution is -0.0157. The topological polar surface area (TPSA) is 50.9 Å². The number of nitrogens with zero attached hydrogens (tertiary/aromatic N) is 2. The molecular weight excluding hydrogens is 310 g/mol. The molecule has 5 rings (SSSR count). The average molecular weight is 335 g/mol. The third-order valence-electron chi connectivity index (χ3n) is 5.36. The van der Waals surface area contributed by atoms with Crippen LogP contribution in [0.25, 0.3) is 0 Å². The Labute approximate surface area is 149 Å². The fourth-order valence-electron chi connectivity index (χ4n) is 3.97. The highest BCUT2D eigenvalue weighted by molar-refractivity contribution is 5.72. The van der Waals surface area contributed by atoms with Crippen molar-refractivity contribution >= 4 is 6.02 Å². The van der Waals surface area contributed by atoms with Gasteiger partial charge in [-0.2, -0.15) is 0 Å². The molecule has 3 fully saturated rings. The third kappa shape index (κ3) is 3.69. The molecule has 4 nitrogen and oxygen atoms in total. The first-order valence-corrected chi connectivity index (χ1v) is 9.12. The Hall–Kier alpha value is -2.33. The lowest BCUT2D eigenvalue weighted by Crippen LogP contribution is -2.52. The van der Waals surface area contributed by atoms with Crippen LogP contribution in [0.5, 0.6) is 0 Å². The molecule has 0 spiro atoms. The lowest BCUT2D eigenvalue weighted by Gasteiger charge is -2.44. The van der Waals surface area contributed by atoms with Crippen LogP contribution in [0.15, 0.2) is 65.7 Å². The molecule has 2 aromatic rings. The highest BCUT2D eigenvalue weighted by atomic mass is 16.5. The first-order valence-electron chi connectivity index (χ1n) is 9.12. The first kappa shape index (κ1) is 16.2. The Balaban J connectivity index is 1.56. The van der Waals surface area contributed by atoms with Gasteiger partial charge in [0.1, 0.15) is 12.1 Å². The Morgan fingerprint density at radius 2 is 1.52 bits per heavy atom. The molecule has 0 aliphatic carbocycles. The number of ether oxygens (including phenoxy) is 1. The Morgan fingerprint density at radius 1 is 0.960 bits per heavy atom. The predicted molar refractivity (Wildman–Crippen MR) is 100 cm³/mol. The van der Waals surface area contributed by atoms with Crippen molar-refractivity contribution in [1.82, 2.24) is 4.90 Å². The van der Waals surface area contributed by atoms with Gasteiger partial charge in [-0.25, -0.2) is 4.99 Å². The zero-order valence-electron chi connectivity index (χ0n) is 14.4. The summed E-state index contributed by atoms with van der Waals surface area (Å²) in [6.45, 7) is 3.36.